The summed E-state index contributed by atoms with van der Waals surface area (Å²) in [6.45, 7) is 5.39. The molecule has 118 valence electrons. The van der Waals surface area contributed by atoms with E-state index in [1.54, 1.807) is 12.1 Å². The SMILES string of the molecule is CN(CCN1CCOCC1)c1nc2ccc([N+](=O)[O-])cc2s1. The Labute approximate surface area is 132 Å². The number of thiazole rings is 1. The maximum atomic E-state index is 10.8. The van der Waals surface area contributed by atoms with Crippen molar-refractivity contribution in [3.8, 4) is 0 Å². The molecule has 0 bridgehead atoms. The van der Waals surface area contributed by atoms with Crippen LogP contribution >= 0.6 is 11.3 Å². The number of nitrogens with zero attached hydrogens (tertiary/aromatic N) is 4. The third-order valence-corrected chi connectivity index (χ3v) is 4.89. The number of nitro groups is 1. The molecule has 0 aliphatic carbocycles. The standard InChI is InChI=1S/C14H18N4O3S/c1-16(4-5-17-6-8-21-9-7-17)14-15-12-3-2-11(18(19)20)10-13(12)22-14/h2-3,10H,4-9H2,1H3. The number of rotatable bonds is 5. The van der Waals surface area contributed by atoms with Crippen LogP contribution in [0.2, 0.25) is 0 Å². The van der Waals surface area contributed by atoms with Crippen molar-refractivity contribution in [3.63, 3.8) is 0 Å². The second-order valence-corrected chi connectivity index (χ2v) is 6.29. The van der Waals surface area contributed by atoms with Gasteiger partial charge in [-0.15, -0.1) is 0 Å². The largest absolute Gasteiger partial charge is 0.379 e. The summed E-state index contributed by atoms with van der Waals surface area (Å²) in [6.07, 6.45) is 0. The first kappa shape index (κ1) is 15.1. The van der Waals surface area contributed by atoms with Crippen LogP contribution in [0.1, 0.15) is 0 Å². The fourth-order valence-electron chi connectivity index (χ4n) is 2.39. The van der Waals surface area contributed by atoms with Gasteiger partial charge < -0.3 is 9.64 Å². The molecule has 2 heterocycles. The zero-order valence-corrected chi connectivity index (χ0v) is 13.2. The van der Waals surface area contributed by atoms with E-state index < -0.39 is 0 Å². The highest BCUT2D eigenvalue weighted by Crippen LogP contribution is 2.30. The maximum Gasteiger partial charge on any atom is 0.270 e. The van der Waals surface area contributed by atoms with Gasteiger partial charge in [-0.2, -0.15) is 0 Å². The predicted molar refractivity (Wildman–Crippen MR) is 86.8 cm³/mol. The van der Waals surface area contributed by atoms with Crippen molar-refractivity contribution in [2.75, 3.05) is 51.3 Å². The first-order valence-corrected chi connectivity index (χ1v) is 8.01. The Bertz CT molecular complexity index is 669. The van der Waals surface area contributed by atoms with Crippen molar-refractivity contribution in [1.29, 1.82) is 0 Å². The highest BCUT2D eigenvalue weighted by Gasteiger charge is 2.14. The average Bonchev–Trinajstić information content (AvgIpc) is 2.96. The lowest BCUT2D eigenvalue weighted by atomic mass is 10.3. The topological polar surface area (TPSA) is 71.7 Å². The Hall–Kier alpha value is -1.77. The minimum Gasteiger partial charge on any atom is -0.379 e. The number of anilines is 1. The van der Waals surface area contributed by atoms with Crippen LogP contribution in [-0.2, 0) is 4.74 Å². The first-order valence-electron chi connectivity index (χ1n) is 7.20. The molecule has 0 atom stereocenters. The molecule has 1 aliphatic heterocycles. The van der Waals surface area contributed by atoms with E-state index in [1.807, 2.05) is 7.05 Å². The van der Waals surface area contributed by atoms with Crippen molar-refractivity contribution >= 4 is 32.4 Å². The molecule has 0 N–H and O–H groups in total. The number of nitro benzene ring substituents is 1. The van der Waals surface area contributed by atoms with E-state index in [4.69, 9.17) is 4.74 Å². The number of morpholine rings is 1. The van der Waals surface area contributed by atoms with Crippen molar-refractivity contribution in [3.05, 3.63) is 28.3 Å². The fourth-order valence-corrected chi connectivity index (χ4v) is 3.38. The van der Waals surface area contributed by atoms with Crippen molar-refractivity contribution in [2.24, 2.45) is 0 Å². The maximum absolute atomic E-state index is 10.8. The number of non-ortho nitro benzene ring substituents is 1. The molecule has 1 saturated heterocycles. The quantitative estimate of drug-likeness (QED) is 0.619. The summed E-state index contributed by atoms with van der Waals surface area (Å²) in [7, 11) is 2.01. The van der Waals surface area contributed by atoms with E-state index in [0.717, 1.165) is 54.7 Å². The summed E-state index contributed by atoms with van der Waals surface area (Å²) in [6, 6.07) is 4.80. The molecule has 0 radical (unpaired) electrons. The van der Waals surface area contributed by atoms with Crippen LogP contribution in [0.5, 0.6) is 0 Å². The zero-order valence-electron chi connectivity index (χ0n) is 12.4. The minimum atomic E-state index is -0.374. The highest BCUT2D eigenvalue weighted by atomic mass is 32.1. The second-order valence-electron chi connectivity index (χ2n) is 5.28. The molecule has 3 rings (SSSR count). The average molecular weight is 322 g/mol. The number of likely N-dealkylation sites (N-methyl/N-ethyl adjacent to an activating group) is 1. The first-order chi connectivity index (χ1) is 10.6. The van der Waals surface area contributed by atoms with Crippen LogP contribution in [0, 0.1) is 10.1 Å². The van der Waals surface area contributed by atoms with Gasteiger partial charge in [0.1, 0.15) is 0 Å². The molecule has 8 heteroatoms. The summed E-state index contributed by atoms with van der Waals surface area (Å²) in [5.41, 5.74) is 0.919. The van der Waals surface area contributed by atoms with Gasteiger partial charge in [0.25, 0.3) is 5.69 Å². The van der Waals surface area contributed by atoms with Crippen LogP contribution < -0.4 is 4.90 Å². The van der Waals surface area contributed by atoms with Crippen LogP contribution in [0.4, 0.5) is 10.8 Å². The fraction of sp³-hybridized carbons (Fsp3) is 0.500. The Morgan fingerprint density at radius 2 is 2.23 bits per heavy atom. The predicted octanol–water partition coefficient (Wildman–Crippen LogP) is 1.97. The van der Waals surface area contributed by atoms with Crippen molar-refractivity contribution in [1.82, 2.24) is 9.88 Å². The van der Waals surface area contributed by atoms with Gasteiger partial charge in [0, 0.05) is 45.4 Å². The monoisotopic (exact) mass is 322 g/mol. The molecule has 7 nitrogen and oxygen atoms in total. The molecule has 0 saturated carbocycles. The van der Waals surface area contributed by atoms with E-state index in [1.165, 1.54) is 17.4 Å². The van der Waals surface area contributed by atoms with Gasteiger partial charge >= 0.3 is 0 Å². The Morgan fingerprint density at radius 1 is 1.45 bits per heavy atom. The lowest BCUT2D eigenvalue weighted by molar-refractivity contribution is -0.384. The van der Waals surface area contributed by atoms with Crippen molar-refractivity contribution < 1.29 is 9.66 Å². The van der Waals surface area contributed by atoms with Gasteiger partial charge in [0.2, 0.25) is 0 Å². The smallest absolute Gasteiger partial charge is 0.270 e. The number of benzene rings is 1. The van der Waals surface area contributed by atoms with Gasteiger partial charge in [0.15, 0.2) is 5.13 Å². The Kier molecular flexibility index (Phi) is 4.51. The van der Waals surface area contributed by atoms with Crippen LogP contribution in [0.15, 0.2) is 18.2 Å². The molecule has 0 unspecified atom stereocenters. The second kappa shape index (κ2) is 6.55. The van der Waals surface area contributed by atoms with Gasteiger partial charge in [-0.05, 0) is 6.07 Å². The summed E-state index contributed by atoms with van der Waals surface area (Å²) in [4.78, 5) is 19.5. The van der Waals surface area contributed by atoms with Crippen molar-refractivity contribution in [2.45, 2.75) is 0 Å². The highest BCUT2D eigenvalue weighted by molar-refractivity contribution is 7.22. The third kappa shape index (κ3) is 3.34. The molecule has 0 amide bonds. The van der Waals surface area contributed by atoms with Gasteiger partial charge in [-0.25, -0.2) is 4.98 Å². The van der Waals surface area contributed by atoms with Crippen LogP contribution in [0.25, 0.3) is 10.2 Å². The molecule has 1 aromatic carbocycles. The number of ether oxygens (including phenoxy) is 1. The molecule has 22 heavy (non-hydrogen) atoms. The number of hydrogen-bond acceptors (Lipinski definition) is 7. The number of hydrogen-bond donors (Lipinski definition) is 0. The molecule has 1 aromatic heterocycles. The van der Waals surface area contributed by atoms with E-state index >= 15 is 0 Å². The van der Waals surface area contributed by atoms with E-state index in [-0.39, 0.29) is 10.6 Å². The van der Waals surface area contributed by atoms with Gasteiger partial charge in [0.05, 0.1) is 28.4 Å². The minimum absolute atomic E-state index is 0.110. The number of fused-ring (bicyclic) bond motifs is 1. The van der Waals surface area contributed by atoms with Crippen LogP contribution in [-0.4, -0.2) is 61.2 Å². The normalized spacial score (nSPS) is 16.0. The zero-order chi connectivity index (χ0) is 15.5. The summed E-state index contributed by atoms with van der Waals surface area (Å²) >= 11 is 1.49. The lowest BCUT2D eigenvalue weighted by Gasteiger charge is -2.28. The number of aromatic nitrogens is 1. The molecule has 0 spiro atoms. The summed E-state index contributed by atoms with van der Waals surface area (Å²) in [5, 5.41) is 11.7. The van der Waals surface area contributed by atoms with E-state index in [0.29, 0.717) is 0 Å². The molecular weight excluding hydrogens is 304 g/mol. The molecule has 1 aliphatic rings. The summed E-state index contributed by atoms with van der Waals surface area (Å²) < 4.78 is 6.19. The van der Waals surface area contributed by atoms with E-state index in [2.05, 4.69) is 14.8 Å². The Morgan fingerprint density at radius 3 is 2.95 bits per heavy atom. The Balaban J connectivity index is 1.67. The molecular formula is C14H18N4O3S. The van der Waals surface area contributed by atoms with E-state index in [9.17, 15) is 10.1 Å². The van der Waals surface area contributed by atoms with Gasteiger partial charge in [-0.3, -0.25) is 15.0 Å². The lowest BCUT2D eigenvalue weighted by Crippen LogP contribution is -2.40. The van der Waals surface area contributed by atoms with Gasteiger partial charge in [-0.1, -0.05) is 11.3 Å². The molecule has 2 aromatic rings. The summed E-state index contributed by atoms with van der Waals surface area (Å²) in [5.74, 6) is 0. The van der Waals surface area contributed by atoms with Crippen LogP contribution in [0.3, 0.4) is 0 Å². The molecule has 1 fully saturated rings. The third-order valence-electron chi connectivity index (χ3n) is 3.75.